The van der Waals surface area contributed by atoms with Crippen LogP contribution in [0, 0.1) is 0 Å². The van der Waals surface area contributed by atoms with Crippen molar-refractivity contribution < 1.29 is 21.6 Å². The molecular formula is C6H9F3N4O2S2. The fraction of sp³-hybridized carbons (Fsp3) is 0.667. The Morgan fingerprint density at radius 3 is 2.47 bits per heavy atom. The van der Waals surface area contributed by atoms with Gasteiger partial charge in [0.05, 0.1) is 0 Å². The third kappa shape index (κ3) is 4.83. The summed E-state index contributed by atoms with van der Waals surface area (Å²) in [5.74, 6) is 0. The number of rotatable bonds is 5. The first-order valence-corrected chi connectivity index (χ1v) is 6.66. The van der Waals surface area contributed by atoms with Crippen molar-refractivity contribution in [3.8, 4) is 0 Å². The molecule has 11 heteroatoms. The van der Waals surface area contributed by atoms with Gasteiger partial charge in [-0.2, -0.15) is 13.2 Å². The van der Waals surface area contributed by atoms with E-state index in [2.05, 4.69) is 10.2 Å². The minimum atomic E-state index is -4.29. The number of nitrogens with two attached hydrogens (primary N) is 1. The predicted octanol–water partition coefficient (Wildman–Crippen LogP) is 0.741. The van der Waals surface area contributed by atoms with E-state index in [1.54, 1.807) is 0 Å². The van der Waals surface area contributed by atoms with Gasteiger partial charge in [-0.05, 0) is 6.42 Å². The van der Waals surface area contributed by atoms with E-state index in [-0.39, 0.29) is 22.4 Å². The molecule has 1 rings (SSSR count). The molecule has 0 amide bonds. The Morgan fingerprint density at radius 2 is 2.00 bits per heavy atom. The third-order valence-corrected chi connectivity index (χ3v) is 4.16. The molecule has 0 saturated carbocycles. The monoisotopic (exact) mass is 290 g/mol. The van der Waals surface area contributed by atoms with Crippen LogP contribution in [0.25, 0.3) is 0 Å². The lowest BCUT2D eigenvalue weighted by atomic mass is 10.3. The number of hydrogen-bond donors (Lipinski definition) is 2. The quantitative estimate of drug-likeness (QED) is 0.779. The second-order valence-corrected chi connectivity index (χ2v) is 5.97. The first-order chi connectivity index (χ1) is 7.71. The number of alkyl halides is 3. The van der Waals surface area contributed by atoms with Gasteiger partial charge in [0.25, 0.3) is 10.0 Å². The van der Waals surface area contributed by atoms with Gasteiger partial charge in [-0.3, -0.25) is 0 Å². The van der Waals surface area contributed by atoms with Crippen LogP contribution in [0.1, 0.15) is 12.8 Å². The van der Waals surface area contributed by atoms with Crippen molar-refractivity contribution in [3.63, 3.8) is 0 Å². The van der Waals surface area contributed by atoms with Crippen molar-refractivity contribution in [2.45, 2.75) is 23.4 Å². The summed E-state index contributed by atoms with van der Waals surface area (Å²) in [5.41, 5.74) is 5.19. The van der Waals surface area contributed by atoms with Gasteiger partial charge in [0.15, 0.2) is 0 Å². The summed E-state index contributed by atoms with van der Waals surface area (Å²) in [6.45, 7) is -0.318. The Hall–Kier alpha value is -0.940. The summed E-state index contributed by atoms with van der Waals surface area (Å²) in [5, 5.41) is 6.56. The number of aromatic nitrogens is 2. The number of nitrogens with zero attached hydrogens (tertiary/aromatic N) is 2. The first-order valence-electron chi connectivity index (χ1n) is 4.36. The molecule has 98 valence electrons. The van der Waals surface area contributed by atoms with Crippen molar-refractivity contribution in [1.82, 2.24) is 14.9 Å². The van der Waals surface area contributed by atoms with Crippen LogP contribution >= 0.6 is 11.3 Å². The minimum absolute atomic E-state index is 0.0272. The normalized spacial score (nSPS) is 12.9. The largest absolute Gasteiger partial charge is 0.389 e. The van der Waals surface area contributed by atoms with Crippen LogP contribution in [0.4, 0.5) is 18.3 Å². The van der Waals surface area contributed by atoms with E-state index in [0.717, 1.165) is 0 Å². The molecule has 6 nitrogen and oxygen atoms in total. The van der Waals surface area contributed by atoms with Gasteiger partial charge in [0.2, 0.25) is 9.47 Å². The van der Waals surface area contributed by atoms with Gasteiger partial charge in [0.1, 0.15) is 0 Å². The van der Waals surface area contributed by atoms with E-state index in [4.69, 9.17) is 5.73 Å². The van der Waals surface area contributed by atoms with E-state index in [9.17, 15) is 21.6 Å². The predicted molar refractivity (Wildman–Crippen MR) is 54.8 cm³/mol. The smallest absolute Gasteiger partial charge is 0.374 e. The molecule has 3 N–H and O–H groups in total. The van der Waals surface area contributed by atoms with E-state index in [1.165, 1.54) is 0 Å². The average Bonchev–Trinajstić information content (AvgIpc) is 2.59. The van der Waals surface area contributed by atoms with Crippen molar-refractivity contribution in [2.24, 2.45) is 0 Å². The van der Waals surface area contributed by atoms with Gasteiger partial charge in [-0.1, -0.05) is 11.3 Å². The number of nitrogens with one attached hydrogen (secondary N) is 1. The number of anilines is 1. The molecule has 0 aliphatic rings. The van der Waals surface area contributed by atoms with Crippen LogP contribution in [-0.4, -0.2) is 31.3 Å². The van der Waals surface area contributed by atoms with Gasteiger partial charge in [-0.15, -0.1) is 10.2 Å². The van der Waals surface area contributed by atoms with Crippen molar-refractivity contribution in [1.29, 1.82) is 0 Å². The molecule has 1 aromatic rings. The maximum atomic E-state index is 11.8. The number of sulfonamides is 1. The standard InChI is InChI=1S/C6H9F3N4O2S2/c7-6(8,9)2-1-3-11-17(14,15)5-13-12-4(10)16-5/h11H,1-3H2,(H2,10,12). The molecule has 0 atom stereocenters. The summed E-state index contributed by atoms with van der Waals surface area (Å²) < 4.78 is 59.8. The van der Waals surface area contributed by atoms with E-state index in [0.29, 0.717) is 11.3 Å². The Labute approximate surface area is 99.1 Å². The van der Waals surface area contributed by atoms with Crippen molar-refractivity contribution in [2.75, 3.05) is 12.3 Å². The van der Waals surface area contributed by atoms with E-state index >= 15 is 0 Å². The fourth-order valence-corrected chi connectivity index (χ4v) is 2.78. The summed E-state index contributed by atoms with van der Waals surface area (Å²) in [6.07, 6.45) is -5.68. The van der Waals surface area contributed by atoms with Gasteiger partial charge in [-0.25, -0.2) is 13.1 Å². The summed E-state index contributed by atoms with van der Waals surface area (Å²) >= 11 is 0.641. The zero-order valence-corrected chi connectivity index (χ0v) is 9.99. The van der Waals surface area contributed by atoms with Gasteiger partial charge in [0, 0.05) is 13.0 Å². The second-order valence-electron chi connectivity index (χ2n) is 3.02. The van der Waals surface area contributed by atoms with Crippen molar-refractivity contribution >= 4 is 26.5 Å². The lowest BCUT2D eigenvalue weighted by Gasteiger charge is -2.06. The topological polar surface area (TPSA) is 98.0 Å². The zero-order valence-electron chi connectivity index (χ0n) is 8.36. The number of hydrogen-bond acceptors (Lipinski definition) is 6. The van der Waals surface area contributed by atoms with Crippen LogP contribution in [0.5, 0.6) is 0 Å². The van der Waals surface area contributed by atoms with Crippen LogP contribution < -0.4 is 10.5 Å². The minimum Gasteiger partial charge on any atom is -0.374 e. The molecule has 17 heavy (non-hydrogen) atoms. The molecule has 1 heterocycles. The molecule has 0 radical (unpaired) electrons. The molecule has 0 aliphatic carbocycles. The molecule has 0 bridgehead atoms. The summed E-state index contributed by atoms with van der Waals surface area (Å²) in [6, 6.07) is 0. The Balaban J connectivity index is 2.46. The van der Waals surface area contributed by atoms with Crippen molar-refractivity contribution in [3.05, 3.63) is 0 Å². The molecule has 0 fully saturated rings. The maximum absolute atomic E-state index is 11.8. The molecule has 0 aromatic carbocycles. The third-order valence-electron chi connectivity index (χ3n) is 1.58. The molecule has 0 saturated heterocycles. The van der Waals surface area contributed by atoms with Crippen LogP contribution in [-0.2, 0) is 10.0 Å². The van der Waals surface area contributed by atoms with E-state index in [1.807, 2.05) is 4.72 Å². The summed E-state index contributed by atoms with van der Waals surface area (Å²) in [7, 11) is -3.91. The highest BCUT2D eigenvalue weighted by molar-refractivity contribution is 7.91. The van der Waals surface area contributed by atoms with Crippen LogP contribution in [0.15, 0.2) is 4.34 Å². The van der Waals surface area contributed by atoms with Gasteiger partial charge < -0.3 is 5.73 Å². The van der Waals surface area contributed by atoms with Crippen LogP contribution in [0.3, 0.4) is 0 Å². The average molecular weight is 290 g/mol. The molecule has 0 unspecified atom stereocenters. The van der Waals surface area contributed by atoms with Gasteiger partial charge >= 0.3 is 6.18 Å². The lowest BCUT2D eigenvalue weighted by Crippen LogP contribution is -2.25. The number of nitrogen functional groups attached to an aromatic ring is 1. The Morgan fingerprint density at radius 1 is 1.35 bits per heavy atom. The van der Waals surface area contributed by atoms with E-state index < -0.39 is 22.6 Å². The molecule has 0 spiro atoms. The first kappa shape index (κ1) is 14.1. The number of halogens is 3. The highest BCUT2D eigenvalue weighted by Gasteiger charge is 2.26. The Bertz CT molecular complexity index is 470. The molecule has 1 aromatic heterocycles. The maximum Gasteiger partial charge on any atom is 0.389 e. The SMILES string of the molecule is Nc1nnc(S(=O)(=O)NCCCC(F)(F)F)s1. The molecule has 0 aliphatic heterocycles. The Kier molecular flexibility index (Phi) is 4.27. The zero-order chi connectivity index (χ0) is 13.1. The summed E-state index contributed by atoms with van der Waals surface area (Å²) in [4.78, 5) is 0. The van der Waals surface area contributed by atoms with Crippen LogP contribution in [0.2, 0.25) is 0 Å². The lowest BCUT2D eigenvalue weighted by molar-refractivity contribution is -0.135. The fourth-order valence-electron chi connectivity index (χ4n) is 0.886. The highest BCUT2D eigenvalue weighted by atomic mass is 32.2. The second kappa shape index (κ2) is 5.14. The molecular weight excluding hydrogens is 281 g/mol. The highest BCUT2D eigenvalue weighted by Crippen LogP contribution is 2.21.